The molecule has 0 bridgehead atoms. The minimum absolute atomic E-state index is 0.0738. The maximum atomic E-state index is 14.0. The van der Waals surface area contributed by atoms with Gasteiger partial charge in [0.05, 0.1) is 16.9 Å². The third kappa shape index (κ3) is 3.73. The van der Waals surface area contributed by atoms with Gasteiger partial charge >= 0.3 is 6.18 Å². The molecule has 0 saturated carbocycles. The van der Waals surface area contributed by atoms with Gasteiger partial charge in [-0.1, -0.05) is 32.0 Å². The van der Waals surface area contributed by atoms with Crippen molar-refractivity contribution in [2.45, 2.75) is 32.9 Å². The number of H-pyrrole nitrogens is 1. The molecular weight excluding hydrogens is 431 g/mol. The Bertz CT molecular complexity index is 1420. The Labute approximate surface area is 186 Å². The monoisotopic (exact) mass is 451 g/mol. The summed E-state index contributed by atoms with van der Waals surface area (Å²) in [5.41, 5.74) is 3.49. The van der Waals surface area contributed by atoms with Crippen molar-refractivity contribution in [3.8, 4) is 0 Å². The zero-order valence-electron chi connectivity index (χ0n) is 17.9. The maximum Gasteiger partial charge on any atom is 0.435 e. The van der Waals surface area contributed by atoms with E-state index in [0.717, 1.165) is 0 Å². The SMILES string of the molecule is CC1(C)C/C(=N\NC(=O)c2ccncc2)c2c(nc(C(F)(F)F)c3[nH]c4ccccc4c23)C1. The Morgan fingerprint density at radius 2 is 1.85 bits per heavy atom. The molecule has 1 amide bonds. The van der Waals surface area contributed by atoms with Crippen LogP contribution in [0.5, 0.6) is 0 Å². The second-order valence-electron chi connectivity index (χ2n) is 8.95. The number of para-hydroxylation sites is 1. The lowest BCUT2D eigenvalue weighted by Gasteiger charge is -2.32. The summed E-state index contributed by atoms with van der Waals surface area (Å²) in [6.07, 6.45) is -0.794. The molecule has 1 aliphatic rings. The number of benzene rings is 1. The number of halogens is 3. The number of hydrazone groups is 1. The number of carbonyl (C=O) groups is 1. The lowest BCUT2D eigenvalue weighted by atomic mass is 9.74. The maximum absolute atomic E-state index is 14.0. The zero-order valence-corrected chi connectivity index (χ0v) is 17.9. The summed E-state index contributed by atoms with van der Waals surface area (Å²) in [5.74, 6) is -0.426. The van der Waals surface area contributed by atoms with Crippen molar-refractivity contribution in [2.24, 2.45) is 10.5 Å². The average molecular weight is 451 g/mol. The van der Waals surface area contributed by atoms with E-state index in [9.17, 15) is 18.0 Å². The Morgan fingerprint density at radius 1 is 1.12 bits per heavy atom. The number of hydrogen-bond acceptors (Lipinski definition) is 4. The summed E-state index contributed by atoms with van der Waals surface area (Å²) in [6.45, 7) is 3.90. The first-order valence-corrected chi connectivity index (χ1v) is 10.4. The summed E-state index contributed by atoms with van der Waals surface area (Å²) in [5, 5.41) is 5.47. The molecule has 4 aromatic rings. The van der Waals surface area contributed by atoms with E-state index in [1.165, 1.54) is 12.4 Å². The van der Waals surface area contributed by atoms with Crippen molar-refractivity contribution >= 4 is 33.4 Å². The summed E-state index contributed by atoms with van der Waals surface area (Å²) < 4.78 is 41.9. The molecule has 1 aliphatic carbocycles. The fraction of sp³-hybridized carbons (Fsp3) is 0.250. The van der Waals surface area contributed by atoms with E-state index >= 15 is 0 Å². The highest BCUT2D eigenvalue weighted by atomic mass is 19.4. The van der Waals surface area contributed by atoms with Gasteiger partial charge in [-0.2, -0.15) is 18.3 Å². The highest BCUT2D eigenvalue weighted by Crippen LogP contribution is 2.43. The van der Waals surface area contributed by atoms with Crippen LogP contribution in [-0.2, 0) is 12.6 Å². The number of aromatic amines is 1. The van der Waals surface area contributed by atoms with Crippen molar-refractivity contribution in [3.05, 3.63) is 71.3 Å². The molecule has 5 rings (SSSR count). The Hall–Kier alpha value is -3.75. The lowest BCUT2D eigenvalue weighted by molar-refractivity contribution is -0.140. The van der Waals surface area contributed by atoms with Crippen LogP contribution in [0, 0.1) is 5.41 Å². The van der Waals surface area contributed by atoms with Crippen LogP contribution in [0.1, 0.15) is 47.6 Å². The normalized spacial score (nSPS) is 16.8. The van der Waals surface area contributed by atoms with Crippen LogP contribution in [0.4, 0.5) is 13.2 Å². The molecule has 9 heteroatoms. The fourth-order valence-corrected chi connectivity index (χ4v) is 4.45. The lowest BCUT2D eigenvalue weighted by Crippen LogP contribution is -2.31. The van der Waals surface area contributed by atoms with E-state index in [-0.39, 0.29) is 10.9 Å². The number of aromatic nitrogens is 3. The molecule has 33 heavy (non-hydrogen) atoms. The number of fused-ring (bicyclic) bond motifs is 5. The predicted octanol–water partition coefficient (Wildman–Crippen LogP) is 5.24. The minimum Gasteiger partial charge on any atom is -0.353 e. The Kier molecular flexibility index (Phi) is 4.73. The molecule has 1 aromatic carbocycles. The summed E-state index contributed by atoms with van der Waals surface area (Å²) >= 11 is 0. The quantitative estimate of drug-likeness (QED) is 0.409. The van der Waals surface area contributed by atoms with E-state index in [1.54, 1.807) is 36.4 Å². The van der Waals surface area contributed by atoms with E-state index in [4.69, 9.17) is 0 Å². The molecule has 3 heterocycles. The van der Waals surface area contributed by atoms with Gasteiger partial charge in [-0.15, -0.1) is 0 Å². The smallest absolute Gasteiger partial charge is 0.353 e. The molecule has 0 spiro atoms. The molecule has 168 valence electrons. The third-order valence-electron chi connectivity index (χ3n) is 5.81. The number of carbonyl (C=O) groups excluding carboxylic acids is 1. The van der Waals surface area contributed by atoms with Gasteiger partial charge in [0, 0.05) is 39.8 Å². The van der Waals surface area contributed by atoms with Crippen LogP contribution < -0.4 is 5.43 Å². The highest BCUT2D eigenvalue weighted by molar-refractivity contribution is 6.21. The molecule has 0 radical (unpaired) electrons. The Morgan fingerprint density at radius 3 is 2.58 bits per heavy atom. The summed E-state index contributed by atoms with van der Waals surface area (Å²) in [7, 11) is 0. The van der Waals surface area contributed by atoms with Gasteiger partial charge in [0.1, 0.15) is 0 Å². The van der Waals surface area contributed by atoms with Crippen LogP contribution in [0.25, 0.3) is 21.8 Å². The van der Waals surface area contributed by atoms with Crippen molar-refractivity contribution < 1.29 is 18.0 Å². The molecule has 0 saturated heterocycles. The number of hydrogen-bond donors (Lipinski definition) is 2. The van der Waals surface area contributed by atoms with Crippen molar-refractivity contribution in [1.82, 2.24) is 20.4 Å². The van der Waals surface area contributed by atoms with E-state index in [0.29, 0.717) is 51.7 Å². The molecule has 3 aromatic heterocycles. The van der Waals surface area contributed by atoms with Crippen LogP contribution in [0.3, 0.4) is 0 Å². The first-order chi connectivity index (χ1) is 15.6. The third-order valence-corrected chi connectivity index (χ3v) is 5.81. The van der Waals surface area contributed by atoms with Crippen LogP contribution in [0.2, 0.25) is 0 Å². The molecule has 0 atom stereocenters. The Balaban J connectivity index is 1.75. The van der Waals surface area contributed by atoms with Gasteiger partial charge < -0.3 is 4.98 Å². The molecule has 2 N–H and O–H groups in total. The molecule has 0 aliphatic heterocycles. The number of amides is 1. The van der Waals surface area contributed by atoms with Crippen molar-refractivity contribution in [2.75, 3.05) is 0 Å². The highest BCUT2D eigenvalue weighted by Gasteiger charge is 2.40. The summed E-state index contributed by atoms with van der Waals surface area (Å²) in [4.78, 5) is 23.4. The predicted molar refractivity (Wildman–Crippen MR) is 119 cm³/mol. The van der Waals surface area contributed by atoms with Crippen molar-refractivity contribution in [1.29, 1.82) is 0 Å². The van der Waals surface area contributed by atoms with Crippen LogP contribution in [0.15, 0.2) is 53.9 Å². The topological polar surface area (TPSA) is 83.0 Å². The van der Waals surface area contributed by atoms with Gasteiger partial charge in [0.15, 0.2) is 5.69 Å². The van der Waals surface area contributed by atoms with Gasteiger partial charge in [0.2, 0.25) is 0 Å². The number of alkyl halides is 3. The standard InChI is InChI=1S/C24H20F3N5O/c1-23(2)11-16-19(17(12-23)31-32-22(33)13-7-9-28-10-8-13)18-14-5-3-4-6-15(14)29-20(18)21(30-16)24(25,26)27/h3-10,29H,11-12H2,1-2H3,(H,32,33)/b31-17+. The second kappa shape index (κ2) is 7.40. The second-order valence-corrected chi connectivity index (χ2v) is 8.95. The molecule has 6 nitrogen and oxygen atoms in total. The van der Waals surface area contributed by atoms with Gasteiger partial charge in [-0.05, 0) is 36.5 Å². The number of nitrogens with one attached hydrogen (secondary N) is 2. The molecule has 0 fully saturated rings. The van der Waals surface area contributed by atoms with Gasteiger partial charge in [-0.3, -0.25) is 9.78 Å². The first kappa shape index (κ1) is 21.1. The minimum atomic E-state index is -4.62. The summed E-state index contributed by atoms with van der Waals surface area (Å²) in [6, 6.07) is 10.2. The fourth-order valence-electron chi connectivity index (χ4n) is 4.45. The number of pyridine rings is 2. The number of rotatable bonds is 2. The van der Waals surface area contributed by atoms with Crippen LogP contribution in [-0.4, -0.2) is 26.6 Å². The van der Waals surface area contributed by atoms with Crippen molar-refractivity contribution in [3.63, 3.8) is 0 Å². The van der Waals surface area contributed by atoms with Gasteiger partial charge in [0.25, 0.3) is 5.91 Å². The molecular formula is C24H20F3N5O. The van der Waals surface area contributed by atoms with E-state index in [1.807, 2.05) is 13.8 Å². The first-order valence-electron chi connectivity index (χ1n) is 10.4. The van der Waals surface area contributed by atoms with Crippen LogP contribution >= 0.6 is 0 Å². The van der Waals surface area contributed by atoms with E-state index < -0.39 is 17.8 Å². The number of nitrogens with zero attached hydrogens (tertiary/aromatic N) is 3. The molecule has 0 unspecified atom stereocenters. The largest absolute Gasteiger partial charge is 0.435 e. The zero-order chi connectivity index (χ0) is 23.4. The van der Waals surface area contributed by atoms with Gasteiger partial charge in [-0.25, -0.2) is 10.4 Å². The average Bonchev–Trinajstić information content (AvgIpc) is 3.15. The van der Waals surface area contributed by atoms with E-state index in [2.05, 4.69) is 25.5 Å².